The zero-order valence-electron chi connectivity index (χ0n) is 12.9. The van der Waals surface area contributed by atoms with Gasteiger partial charge in [-0.3, -0.25) is 10.1 Å². The summed E-state index contributed by atoms with van der Waals surface area (Å²) in [6.45, 7) is 5.73. The summed E-state index contributed by atoms with van der Waals surface area (Å²) in [5.74, 6) is 0.246. The highest BCUT2D eigenvalue weighted by Crippen LogP contribution is 2.23. The molecule has 0 aliphatic heterocycles. The van der Waals surface area contributed by atoms with Crippen LogP contribution in [0.25, 0.3) is 0 Å². The molecule has 0 aromatic heterocycles. The topological polar surface area (TPSA) is 49.3 Å². The third kappa shape index (κ3) is 6.85. The first-order valence-electron chi connectivity index (χ1n) is 7.23. The number of carboxylic acids is 1. The lowest BCUT2D eigenvalue weighted by atomic mass is 9.94. The first-order valence-corrected chi connectivity index (χ1v) is 9.01. The van der Waals surface area contributed by atoms with Gasteiger partial charge in [0.2, 0.25) is 0 Å². The fraction of sp³-hybridized carbons (Fsp3) is 0.562. The molecule has 0 heterocycles. The summed E-state index contributed by atoms with van der Waals surface area (Å²) in [5.41, 5.74) is -0.823. The highest BCUT2D eigenvalue weighted by Gasteiger charge is 2.32. The Bertz CT molecular complexity index is 450. The number of carboxylic acid groups (broad SMARTS) is 1. The van der Waals surface area contributed by atoms with Crippen LogP contribution in [-0.4, -0.2) is 28.4 Å². The zero-order chi connectivity index (χ0) is 15.9. The third-order valence-electron chi connectivity index (χ3n) is 3.23. The van der Waals surface area contributed by atoms with Crippen LogP contribution in [0.1, 0.15) is 40.0 Å². The molecule has 5 heteroatoms. The maximum Gasteiger partial charge on any atom is 0.323 e. The number of benzene rings is 1. The molecule has 3 nitrogen and oxygen atoms in total. The highest BCUT2D eigenvalue weighted by atomic mass is 79.9. The van der Waals surface area contributed by atoms with Gasteiger partial charge in [0.1, 0.15) is 5.54 Å². The quantitative estimate of drug-likeness (QED) is 0.492. The van der Waals surface area contributed by atoms with Crippen LogP contribution in [0.15, 0.2) is 33.6 Å². The van der Waals surface area contributed by atoms with E-state index in [2.05, 4.69) is 33.4 Å². The van der Waals surface area contributed by atoms with E-state index in [0.29, 0.717) is 6.42 Å². The second-order valence-corrected chi connectivity index (χ2v) is 7.78. The normalized spacial score (nSPS) is 14.1. The van der Waals surface area contributed by atoms with Crippen LogP contribution >= 0.6 is 27.7 Å². The Morgan fingerprint density at radius 2 is 1.95 bits per heavy atom. The van der Waals surface area contributed by atoms with E-state index in [4.69, 9.17) is 0 Å². The van der Waals surface area contributed by atoms with Crippen LogP contribution in [0.4, 0.5) is 0 Å². The summed E-state index contributed by atoms with van der Waals surface area (Å²) in [5, 5.41) is 12.5. The molecule has 0 amide bonds. The summed E-state index contributed by atoms with van der Waals surface area (Å²) < 4.78 is 1.09. The molecule has 0 radical (unpaired) electrons. The lowest BCUT2D eigenvalue weighted by Crippen LogP contribution is -2.52. The molecule has 0 saturated heterocycles. The second kappa shape index (κ2) is 8.81. The molecule has 0 aliphatic rings. The number of unbranched alkanes of at least 4 members (excludes halogenated alkanes) is 1. The standard InChI is InChI=1S/C16H24BrNO2S/c1-12(2)18-16(3,15(19)20)10-4-5-11-21-14-8-6-13(17)7-9-14/h6-9,12,18H,4-5,10-11H2,1-3H3,(H,19,20). The minimum Gasteiger partial charge on any atom is -0.480 e. The van der Waals surface area contributed by atoms with Gasteiger partial charge in [0.25, 0.3) is 0 Å². The van der Waals surface area contributed by atoms with Crippen molar-refractivity contribution in [3.8, 4) is 0 Å². The van der Waals surface area contributed by atoms with Crippen molar-refractivity contribution in [2.24, 2.45) is 0 Å². The van der Waals surface area contributed by atoms with Gasteiger partial charge < -0.3 is 5.11 Å². The highest BCUT2D eigenvalue weighted by molar-refractivity contribution is 9.10. The number of hydrogen-bond donors (Lipinski definition) is 2. The Balaban J connectivity index is 2.31. The Morgan fingerprint density at radius 1 is 1.33 bits per heavy atom. The van der Waals surface area contributed by atoms with Gasteiger partial charge in [-0.2, -0.15) is 0 Å². The van der Waals surface area contributed by atoms with Gasteiger partial charge in [0.15, 0.2) is 0 Å². The van der Waals surface area contributed by atoms with Crippen LogP contribution in [0.5, 0.6) is 0 Å². The monoisotopic (exact) mass is 373 g/mol. The lowest BCUT2D eigenvalue weighted by Gasteiger charge is -2.28. The number of aliphatic carboxylic acids is 1. The Hall–Kier alpha value is -0.520. The van der Waals surface area contributed by atoms with E-state index in [-0.39, 0.29) is 6.04 Å². The van der Waals surface area contributed by atoms with E-state index in [0.717, 1.165) is 23.1 Å². The van der Waals surface area contributed by atoms with Crippen molar-refractivity contribution in [3.05, 3.63) is 28.7 Å². The summed E-state index contributed by atoms with van der Waals surface area (Å²) in [6, 6.07) is 8.43. The minimum absolute atomic E-state index is 0.170. The van der Waals surface area contributed by atoms with Crippen molar-refractivity contribution < 1.29 is 9.90 Å². The summed E-state index contributed by atoms with van der Waals surface area (Å²) in [6.07, 6.45) is 2.58. The molecule has 0 aliphatic carbocycles. The van der Waals surface area contributed by atoms with Gasteiger partial charge in [-0.1, -0.05) is 22.4 Å². The second-order valence-electron chi connectivity index (χ2n) is 5.70. The maximum atomic E-state index is 11.4. The molecule has 0 saturated carbocycles. The maximum absolute atomic E-state index is 11.4. The molecule has 1 atom stereocenters. The molecule has 1 unspecified atom stereocenters. The summed E-state index contributed by atoms with van der Waals surface area (Å²) in [4.78, 5) is 12.7. The Labute approximate surface area is 140 Å². The number of hydrogen-bond acceptors (Lipinski definition) is 3. The minimum atomic E-state index is -0.823. The molecule has 21 heavy (non-hydrogen) atoms. The molecule has 0 fully saturated rings. The van der Waals surface area contributed by atoms with E-state index in [1.807, 2.05) is 37.7 Å². The fourth-order valence-electron chi connectivity index (χ4n) is 2.18. The van der Waals surface area contributed by atoms with Crippen molar-refractivity contribution in [2.75, 3.05) is 5.75 Å². The average Bonchev–Trinajstić information content (AvgIpc) is 2.39. The zero-order valence-corrected chi connectivity index (χ0v) is 15.3. The first-order chi connectivity index (χ1) is 9.83. The Morgan fingerprint density at radius 3 is 2.48 bits per heavy atom. The molecule has 1 aromatic carbocycles. The molecule has 118 valence electrons. The lowest BCUT2D eigenvalue weighted by molar-refractivity contribution is -0.144. The Kier molecular flexibility index (Phi) is 7.77. The fourth-order valence-corrected chi connectivity index (χ4v) is 3.36. The van der Waals surface area contributed by atoms with Crippen molar-refractivity contribution >= 4 is 33.7 Å². The summed E-state index contributed by atoms with van der Waals surface area (Å²) >= 11 is 5.23. The molecular weight excluding hydrogens is 350 g/mol. The van der Waals surface area contributed by atoms with E-state index in [1.165, 1.54) is 4.90 Å². The van der Waals surface area contributed by atoms with Crippen LogP contribution in [0.2, 0.25) is 0 Å². The first kappa shape index (κ1) is 18.5. The number of rotatable bonds is 9. The van der Waals surface area contributed by atoms with Crippen LogP contribution in [-0.2, 0) is 4.79 Å². The molecule has 2 N–H and O–H groups in total. The van der Waals surface area contributed by atoms with Crippen molar-refractivity contribution in [3.63, 3.8) is 0 Å². The molecular formula is C16H24BrNO2S. The van der Waals surface area contributed by atoms with Crippen molar-refractivity contribution in [1.29, 1.82) is 0 Å². The average molecular weight is 374 g/mol. The predicted octanol–water partition coefficient (Wildman–Crippen LogP) is 4.55. The van der Waals surface area contributed by atoms with E-state index < -0.39 is 11.5 Å². The van der Waals surface area contributed by atoms with Crippen molar-refractivity contribution in [1.82, 2.24) is 5.32 Å². The van der Waals surface area contributed by atoms with Gasteiger partial charge in [0, 0.05) is 15.4 Å². The van der Waals surface area contributed by atoms with E-state index in [9.17, 15) is 9.90 Å². The molecule has 1 aromatic rings. The van der Waals surface area contributed by atoms with Gasteiger partial charge in [-0.05, 0) is 63.6 Å². The molecule has 0 bridgehead atoms. The van der Waals surface area contributed by atoms with E-state index >= 15 is 0 Å². The van der Waals surface area contributed by atoms with Crippen LogP contribution in [0.3, 0.4) is 0 Å². The van der Waals surface area contributed by atoms with Gasteiger partial charge in [0.05, 0.1) is 0 Å². The van der Waals surface area contributed by atoms with Gasteiger partial charge in [-0.25, -0.2) is 0 Å². The number of nitrogens with one attached hydrogen (secondary N) is 1. The largest absolute Gasteiger partial charge is 0.480 e. The van der Waals surface area contributed by atoms with Gasteiger partial charge in [-0.15, -0.1) is 11.8 Å². The molecule has 0 spiro atoms. The predicted molar refractivity (Wildman–Crippen MR) is 93.0 cm³/mol. The van der Waals surface area contributed by atoms with Gasteiger partial charge >= 0.3 is 5.97 Å². The summed E-state index contributed by atoms with van der Waals surface area (Å²) in [7, 11) is 0. The number of halogens is 1. The third-order valence-corrected chi connectivity index (χ3v) is 4.86. The van der Waals surface area contributed by atoms with Crippen LogP contribution < -0.4 is 5.32 Å². The number of carbonyl (C=O) groups is 1. The van der Waals surface area contributed by atoms with Crippen LogP contribution in [0, 0.1) is 0 Å². The SMILES string of the molecule is CC(C)NC(C)(CCCCSc1ccc(Br)cc1)C(=O)O. The van der Waals surface area contributed by atoms with Crippen molar-refractivity contribution in [2.45, 2.75) is 56.5 Å². The van der Waals surface area contributed by atoms with E-state index in [1.54, 1.807) is 6.92 Å². The molecule has 1 rings (SSSR count). The smallest absolute Gasteiger partial charge is 0.323 e. The number of thioether (sulfide) groups is 1.